The first kappa shape index (κ1) is 21.2. The molecule has 9 heteroatoms. The third-order valence-electron chi connectivity index (χ3n) is 3.62. The number of carbonyl (C=O) groups is 3. The van der Waals surface area contributed by atoms with E-state index in [1.54, 1.807) is 19.1 Å². The molecule has 0 radical (unpaired) electrons. The summed E-state index contributed by atoms with van der Waals surface area (Å²) in [6.45, 7) is 2.13. The maximum absolute atomic E-state index is 12.3. The molecule has 7 nitrogen and oxygen atoms in total. The van der Waals surface area contributed by atoms with E-state index in [1.165, 1.54) is 41.6 Å². The lowest BCUT2D eigenvalue weighted by Gasteiger charge is -2.17. The highest BCUT2D eigenvalue weighted by molar-refractivity contribution is 8.04. The third-order valence-corrected chi connectivity index (χ3v) is 5.37. The van der Waals surface area contributed by atoms with Gasteiger partial charge in [-0.2, -0.15) is 0 Å². The fourth-order valence-electron chi connectivity index (χ4n) is 2.33. The topological polar surface area (TPSA) is 82.1 Å². The van der Waals surface area contributed by atoms with Crippen molar-refractivity contribution in [3.8, 4) is 5.75 Å². The van der Waals surface area contributed by atoms with Crippen LogP contribution in [-0.4, -0.2) is 61.6 Å². The molecule has 0 unspecified atom stereocenters. The van der Waals surface area contributed by atoms with Crippen molar-refractivity contribution in [2.75, 3.05) is 38.9 Å². The second-order valence-electron chi connectivity index (χ2n) is 5.27. The van der Waals surface area contributed by atoms with Crippen molar-refractivity contribution >= 4 is 41.4 Å². The van der Waals surface area contributed by atoms with Crippen LogP contribution in [0.5, 0.6) is 5.75 Å². The van der Waals surface area contributed by atoms with Crippen LogP contribution in [0.25, 0.3) is 0 Å². The van der Waals surface area contributed by atoms with Crippen LogP contribution in [0.1, 0.15) is 17.3 Å². The second kappa shape index (κ2) is 10.3. The van der Waals surface area contributed by atoms with Gasteiger partial charge in [0.2, 0.25) is 5.91 Å². The average Bonchev–Trinajstić information content (AvgIpc) is 3.00. The van der Waals surface area contributed by atoms with Gasteiger partial charge in [0.15, 0.2) is 0 Å². The van der Waals surface area contributed by atoms with Crippen molar-refractivity contribution in [2.45, 2.75) is 11.8 Å². The molecule has 2 rings (SSSR count). The zero-order valence-corrected chi connectivity index (χ0v) is 17.0. The van der Waals surface area contributed by atoms with Crippen molar-refractivity contribution in [3.63, 3.8) is 0 Å². The summed E-state index contributed by atoms with van der Waals surface area (Å²) in [6.07, 6.45) is 3.21. The van der Waals surface area contributed by atoms with E-state index < -0.39 is 11.9 Å². The first-order valence-corrected chi connectivity index (χ1v) is 10.4. The molecule has 1 heterocycles. The maximum atomic E-state index is 12.3. The normalized spacial score (nSPS) is 15.1. The van der Waals surface area contributed by atoms with Crippen molar-refractivity contribution in [1.29, 1.82) is 0 Å². The van der Waals surface area contributed by atoms with Crippen LogP contribution in [0, 0.1) is 0 Å². The Labute approximate surface area is 166 Å². The molecule has 1 saturated heterocycles. The molecule has 0 N–H and O–H groups in total. The Morgan fingerprint density at radius 2 is 2.11 bits per heavy atom. The van der Waals surface area contributed by atoms with Crippen molar-refractivity contribution in [3.05, 3.63) is 34.9 Å². The molecule has 27 heavy (non-hydrogen) atoms. The summed E-state index contributed by atoms with van der Waals surface area (Å²) >= 11 is 2.79. The van der Waals surface area contributed by atoms with Crippen LogP contribution in [0.4, 0.5) is 0 Å². The van der Waals surface area contributed by atoms with E-state index in [2.05, 4.69) is 0 Å². The van der Waals surface area contributed by atoms with Gasteiger partial charge in [0.1, 0.15) is 17.9 Å². The van der Waals surface area contributed by atoms with E-state index >= 15 is 0 Å². The number of amides is 1. The van der Waals surface area contributed by atoms with Gasteiger partial charge in [-0.3, -0.25) is 4.79 Å². The summed E-state index contributed by atoms with van der Waals surface area (Å²) in [7, 11) is 1.49. The van der Waals surface area contributed by atoms with Gasteiger partial charge < -0.3 is 19.1 Å². The number of hydrogen-bond acceptors (Lipinski definition) is 8. The number of thioether (sulfide) groups is 2. The van der Waals surface area contributed by atoms with Crippen LogP contribution in [-0.2, 0) is 19.1 Å². The Balaban J connectivity index is 1.97. The number of rotatable bonds is 8. The van der Waals surface area contributed by atoms with Gasteiger partial charge in [-0.25, -0.2) is 9.59 Å². The number of esters is 2. The number of hydrogen-bond donors (Lipinski definition) is 0. The van der Waals surface area contributed by atoms with Gasteiger partial charge in [-0.1, -0.05) is 11.8 Å². The zero-order valence-electron chi connectivity index (χ0n) is 15.4. The lowest BCUT2D eigenvalue weighted by molar-refractivity contribution is -0.137. The Morgan fingerprint density at radius 3 is 2.78 bits per heavy atom. The van der Waals surface area contributed by atoms with E-state index in [0.717, 1.165) is 4.90 Å². The van der Waals surface area contributed by atoms with Gasteiger partial charge >= 0.3 is 11.9 Å². The fraction of sp³-hybridized carbons (Fsp3) is 0.389. The van der Waals surface area contributed by atoms with E-state index in [0.29, 0.717) is 16.3 Å². The average molecular weight is 412 g/mol. The molecule has 0 saturated carbocycles. The molecule has 0 spiro atoms. The number of carbonyl (C=O) groups excluding carboxylic acids is 3. The Bertz CT molecular complexity index is 749. The minimum atomic E-state index is -0.533. The monoisotopic (exact) mass is 411 g/mol. The molecule has 1 aliphatic heterocycles. The fourth-order valence-corrected chi connectivity index (χ4v) is 3.71. The summed E-state index contributed by atoms with van der Waals surface area (Å²) in [6, 6.07) is 5.22. The van der Waals surface area contributed by atoms with Crippen LogP contribution in [0.15, 0.2) is 34.2 Å². The summed E-state index contributed by atoms with van der Waals surface area (Å²) in [4.78, 5) is 38.3. The summed E-state index contributed by atoms with van der Waals surface area (Å²) in [5, 5.41) is 0.497. The largest absolute Gasteiger partial charge is 0.496 e. The maximum Gasteiger partial charge on any atom is 0.341 e. The predicted molar refractivity (Wildman–Crippen MR) is 104 cm³/mol. The molecule has 0 aromatic heterocycles. The summed E-state index contributed by atoms with van der Waals surface area (Å²) in [5.41, 5.74) is 0.319. The van der Waals surface area contributed by atoms with Crippen molar-refractivity contribution in [2.24, 2.45) is 0 Å². The van der Waals surface area contributed by atoms with Gasteiger partial charge in [0.05, 0.1) is 37.1 Å². The molecule has 1 aromatic carbocycles. The second-order valence-corrected chi connectivity index (χ2v) is 7.15. The molecule has 1 aliphatic rings. The van der Waals surface area contributed by atoms with E-state index in [1.807, 2.05) is 12.3 Å². The molecular weight excluding hydrogens is 390 g/mol. The minimum absolute atomic E-state index is 0.00126. The SMILES string of the molecule is CCOC(=O)/C=C1\SCC(=O)N1CCOC(=O)c1ccc(SC)cc1OC. The molecule has 1 fully saturated rings. The number of nitrogens with zero attached hydrogens (tertiary/aromatic N) is 1. The first-order valence-electron chi connectivity index (χ1n) is 8.21. The van der Waals surface area contributed by atoms with Crippen molar-refractivity contribution < 1.29 is 28.6 Å². The highest BCUT2D eigenvalue weighted by Gasteiger charge is 2.27. The molecule has 0 bridgehead atoms. The summed E-state index contributed by atoms with van der Waals surface area (Å²) < 4.78 is 15.4. The third kappa shape index (κ3) is 5.67. The lowest BCUT2D eigenvalue weighted by Crippen LogP contribution is -2.29. The number of methoxy groups -OCH3 is 1. The highest BCUT2D eigenvalue weighted by Crippen LogP contribution is 2.29. The lowest BCUT2D eigenvalue weighted by atomic mass is 10.2. The number of benzene rings is 1. The standard InChI is InChI=1S/C18H21NO6S2/c1-4-24-17(21)10-16-19(15(20)11-27-16)7-8-25-18(22)13-6-5-12(26-3)9-14(13)23-2/h5-6,9-10H,4,7-8,11H2,1-3H3/b16-10-. The summed E-state index contributed by atoms with van der Waals surface area (Å²) in [5.74, 6) is -0.510. The van der Waals surface area contributed by atoms with Crippen LogP contribution in [0.3, 0.4) is 0 Å². The van der Waals surface area contributed by atoms with Crippen molar-refractivity contribution in [1.82, 2.24) is 4.90 Å². The molecular formula is C18H21NO6S2. The Hall–Kier alpha value is -2.13. The molecule has 0 atom stereocenters. The quantitative estimate of drug-likeness (QED) is 0.367. The van der Waals surface area contributed by atoms with E-state index in [-0.39, 0.29) is 31.4 Å². The zero-order chi connectivity index (χ0) is 19.8. The van der Waals surface area contributed by atoms with Gasteiger partial charge in [-0.05, 0) is 31.4 Å². The Morgan fingerprint density at radius 1 is 1.33 bits per heavy atom. The van der Waals surface area contributed by atoms with Crippen LogP contribution < -0.4 is 4.74 Å². The van der Waals surface area contributed by atoms with Gasteiger partial charge in [0, 0.05) is 4.90 Å². The molecule has 1 aromatic rings. The van der Waals surface area contributed by atoms with Gasteiger partial charge in [0.25, 0.3) is 0 Å². The van der Waals surface area contributed by atoms with Gasteiger partial charge in [-0.15, -0.1) is 11.8 Å². The van der Waals surface area contributed by atoms with Crippen LogP contribution >= 0.6 is 23.5 Å². The predicted octanol–water partition coefficient (Wildman–Crippen LogP) is 2.55. The number of ether oxygens (including phenoxy) is 3. The van der Waals surface area contributed by atoms with E-state index in [4.69, 9.17) is 14.2 Å². The minimum Gasteiger partial charge on any atom is -0.496 e. The van der Waals surface area contributed by atoms with E-state index in [9.17, 15) is 14.4 Å². The van der Waals surface area contributed by atoms with Crippen LogP contribution in [0.2, 0.25) is 0 Å². The Kier molecular flexibility index (Phi) is 8.05. The molecule has 1 amide bonds. The first-order chi connectivity index (χ1) is 13.0. The smallest absolute Gasteiger partial charge is 0.341 e. The highest BCUT2D eigenvalue weighted by atomic mass is 32.2. The molecule has 146 valence electrons. The molecule has 0 aliphatic carbocycles.